The van der Waals surface area contributed by atoms with Crippen LogP contribution in [0.2, 0.25) is 10.0 Å². The van der Waals surface area contributed by atoms with Crippen molar-refractivity contribution >= 4 is 34.8 Å². The lowest BCUT2D eigenvalue weighted by Crippen LogP contribution is -2.24. The number of anilines is 1. The van der Waals surface area contributed by atoms with Gasteiger partial charge in [-0.3, -0.25) is 4.79 Å². The first kappa shape index (κ1) is 13.9. The number of carbonyl (C=O) groups is 1. The minimum Gasteiger partial charge on any atom is -0.397 e. The fourth-order valence-corrected chi connectivity index (χ4v) is 1.61. The number of carbonyl (C=O) groups excluding carboxylic acids is 1. The molecule has 3 nitrogen and oxygen atoms in total. The number of nitrogens with one attached hydrogen (secondary N) is 1. The summed E-state index contributed by atoms with van der Waals surface area (Å²) in [5, 5.41) is 3.32. The maximum Gasteiger partial charge on any atom is 0.251 e. The first-order valence-electron chi connectivity index (χ1n) is 5.20. The Bertz CT molecular complexity index is 421. The van der Waals surface area contributed by atoms with Gasteiger partial charge < -0.3 is 11.1 Å². The van der Waals surface area contributed by atoms with E-state index in [0.29, 0.717) is 17.8 Å². The Balaban J connectivity index is 2.69. The predicted octanol–water partition coefficient (Wildman–Crippen LogP) is 3.27. The molecule has 0 radical (unpaired) electrons. The Labute approximate surface area is 111 Å². The molecule has 0 spiro atoms. The molecule has 0 aromatic heterocycles. The zero-order chi connectivity index (χ0) is 12.8. The molecule has 0 aliphatic heterocycles. The fourth-order valence-electron chi connectivity index (χ4n) is 1.28. The molecular formula is C12H14Cl2N2O. The number of hydrogen-bond acceptors (Lipinski definition) is 2. The van der Waals surface area contributed by atoms with Crippen molar-refractivity contribution in [2.45, 2.75) is 13.3 Å². The Hall–Kier alpha value is -1.19. The van der Waals surface area contributed by atoms with Crippen LogP contribution < -0.4 is 11.1 Å². The molecule has 0 fully saturated rings. The Morgan fingerprint density at radius 2 is 2.18 bits per heavy atom. The van der Waals surface area contributed by atoms with Gasteiger partial charge in [0.05, 0.1) is 15.7 Å². The molecule has 0 aliphatic rings. The smallest absolute Gasteiger partial charge is 0.251 e. The van der Waals surface area contributed by atoms with Crippen molar-refractivity contribution in [1.29, 1.82) is 0 Å². The second-order valence-corrected chi connectivity index (χ2v) is 4.26. The van der Waals surface area contributed by atoms with Gasteiger partial charge in [0.25, 0.3) is 5.91 Å². The Kier molecular flexibility index (Phi) is 5.32. The summed E-state index contributed by atoms with van der Waals surface area (Å²) in [5.41, 5.74) is 6.35. The maximum atomic E-state index is 11.7. The van der Waals surface area contributed by atoms with Crippen molar-refractivity contribution in [2.75, 3.05) is 12.3 Å². The van der Waals surface area contributed by atoms with Gasteiger partial charge in [0, 0.05) is 12.1 Å². The molecule has 0 aliphatic carbocycles. The van der Waals surface area contributed by atoms with Crippen LogP contribution in [0.15, 0.2) is 24.3 Å². The third-order valence-electron chi connectivity index (χ3n) is 2.15. The number of nitrogens with two attached hydrogens (primary N) is 1. The van der Waals surface area contributed by atoms with E-state index in [0.717, 1.165) is 6.42 Å². The van der Waals surface area contributed by atoms with E-state index >= 15 is 0 Å². The lowest BCUT2D eigenvalue weighted by Gasteiger charge is -2.07. The first-order chi connectivity index (χ1) is 8.06. The molecule has 0 heterocycles. The van der Waals surface area contributed by atoms with E-state index in [9.17, 15) is 4.79 Å². The van der Waals surface area contributed by atoms with Gasteiger partial charge in [-0.25, -0.2) is 0 Å². The number of halogens is 2. The van der Waals surface area contributed by atoms with Crippen LogP contribution in [0.25, 0.3) is 0 Å². The van der Waals surface area contributed by atoms with Crippen molar-refractivity contribution in [3.8, 4) is 0 Å². The average Bonchev–Trinajstić information content (AvgIpc) is 2.30. The van der Waals surface area contributed by atoms with Crippen LogP contribution >= 0.6 is 23.2 Å². The third-order valence-corrected chi connectivity index (χ3v) is 2.97. The normalized spacial score (nSPS) is 10.8. The monoisotopic (exact) mass is 272 g/mol. The summed E-state index contributed by atoms with van der Waals surface area (Å²) in [4.78, 5) is 11.7. The third kappa shape index (κ3) is 3.95. The van der Waals surface area contributed by atoms with Crippen molar-refractivity contribution < 1.29 is 4.79 Å². The standard InChI is InChI=1S/C12H14Cl2N2O/c1-2-3-4-5-16-12(17)8-6-9(13)11(14)10(15)7-8/h2-3,6-7H,4-5,15H2,1H3,(H,16,17)/b3-2+. The van der Waals surface area contributed by atoms with Gasteiger partial charge in [-0.15, -0.1) is 0 Å². The van der Waals surface area contributed by atoms with E-state index in [4.69, 9.17) is 28.9 Å². The molecule has 1 amide bonds. The largest absolute Gasteiger partial charge is 0.397 e. The molecule has 1 rings (SSSR count). The molecule has 3 N–H and O–H groups in total. The van der Waals surface area contributed by atoms with E-state index in [-0.39, 0.29) is 16.0 Å². The molecule has 5 heteroatoms. The topological polar surface area (TPSA) is 55.1 Å². The van der Waals surface area contributed by atoms with Crippen molar-refractivity contribution in [2.24, 2.45) is 0 Å². The zero-order valence-electron chi connectivity index (χ0n) is 9.47. The van der Waals surface area contributed by atoms with E-state index in [1.807, 2.05) is 19.1 Å². The van der Waals surface area contributed by atoms with Gasteiger partial charge >= 0.3 is 0 Å². The van der Waals surface area contributed by atoms with Gasteiger partial charge in [-0.2, -0.15) is 0 Å². The van der Waals surface area contributed by atoms with E-state index < -0.39 is 0 Å². The van der Waals surface area contributed by atoms with Gasteiger partial charge in [0.1, 0.15) is 0 Å². The minimum absolute atomic E-state index is 0.209. The predicted molar refractivity (Wildman–Crippen MR) is 72.6 cm³/mol. The van der Waals surface area contributed by atoms with Crippen LogP contribution in [0, 0.1) is 0 Å². The summed E-state index contributed by atoms with van der Waals surface area (Å²) in [6.45, 7) is 2.50. The number of rotatable bonds is 4. The molecule has 0 bridgehead atoms. The average molecular weight is 273 g/mol. The number of benzene rings is 1. The van der Waals surface area contributed by atoms with E-state index in [2.05, 4.69) is 5.32 Å². The van der Waals surface area contributed by atoms with Gasteiger partial charge in [0.2, 0.25) is 0 Å². The van der Waals surface area contributed by atoms with Crippen LogP contribution in [0.1, 0.15) is 23.7 Å². The highest BCUT2D eigenvalue weighted by molar-refractivity contribution is 6.43. The highest BCUT2D eigenvalue weighted by Crippen LogP contribution is 2.29. The molecular weight excluding hydrogens is 259 g/mol. The second-order valence-electron chi connectivity index (χ2n) is 3.47. The highest BCUT2D eigenvalue weighted by atomic mass is 35.5. The minimum atomic E-state index is -0.209. The molecule has 0 saturated carbocycles. The highest BCUT2D eigenvalue weighted by Gasteiger charge is 2.10. The summed E-state index contributed by atoms with van der Waals surface area (Å²) < 4.78 is 0. The second kappa shape index (κ2) is 6.52. The molecule has 0 atom stereocenters. The van der Waals surface area contributed by atoms with Crippen LogP contribution in [0.4, 0.5) is 5.69 Å². The van der Waals surface area contributed by atoms with Gasteiger partial charge in [-0.1, -0.05) is 35.4 Å². The molecule has 17 heavy (non-hydrogen) atoms. The number of nitrogen functional groups attached to an aromatic ring is 1. The molecule has 92 valence electrons. The molecule has 0 saturated heterocycles. The lowest BCUT2D eigenvalue weighted by molar-refractivity contribution is 0.0954. The van der Waals surface area contributed by atoms with Crippen molar-refractivity contribution in [3.05, 3.63) is 39.9 Å². The van der Waals surface area contributed by atoms with Crippen LogP contribution in [0.5, 0.6) is 0 Å². The maximum absolute atomic E-state index is 11.7. The lowest BCUT2D eigenvalue weighted by atomic mass is 10.2. The molecule has 1 aromatic rings. The quantitative estimate of drug-likeness (QED) is 0.502. The summed E-state index contributed by atoms with van der Waals surface area (Å²) in [6, 6.07) is 3.02. The fraction of sp³-hybridized carbons (Fsp3) is 0.250. The van der Waals surface area contributed by atoms with Crippen molar-refractivity contribution in [3.63, 3.8) is 0 Å². The van der Waals surface area contributed by atoms with Crippen LogP contribution in [0.3, 0.4) is 0 Å². The Morgan fingerprint density at radius 1 is 1.47 bits per heavy atom. The van der Waals surface area contributed by atoms with Crippen LogP contribution in [-0.4, -0.2) is 12.5 Å². The van der Waals surface area contributed by atoms with Crippen LogP contribution in [-0.2, 0) is 0 Å². The first-order valence-corrected chi connectivity index (χ1v) is 5.95. The number of amides is 1. The summed E-state index contributed by atoms with van der Waals surface area (Å²) >= 11 is 11.6. The van der Waals surface area contributed by atoms with Gasteiger partial charge in [-0.05, 0) is 25.5 Å². The summed E-state index contributed by atoms with van der Waals surface area (Å²) in [7, 11) is 0. The summed E-state index contributed by atoms with van der Waals surface area (Å²) in [5.74, 6) is -0.209. The summed E-state index contributed by atoms with van der Waals surface area (Å²) in [6.07, 6.45) is 4.70. The molecule has 0 unspecified atom stereocenters. The van der Waals surface area contributed by atoms with Gasteiger partial charge in [0.15, 0.2) is 0 Å². The Morgan fingerprint density at radius 3 is 2.76 bits per heavy atom. The van der Waals surface area contributed by atoms with Crippen molar-refractivity contribution in [1.82, 2.24) is 5.32 Å². The van der Waals surface area contributed by atoms with E-state index in [1.165, 1.54) is 12.1 Å². The SMILES string of the molecule is C/C=C/CCNC(=O)c1cc(N)c(Cl)c(Cl)c1. The number of hydrogen-bond donors (Lipinski definition) is 2. The zero-order valence-corrected chi connectivity index (χ0v) is 11.0. The number of allylic oxidation sites excluding steroid dienone is 1. The van der Waals surface area contributed by atoms with E-state index in [1.54, 1.807) is 0 Å². The molecule has 1 aromatic carbocycles.